The van der Waals surface area contributed by atoms with Crippen molar-refractivity contribution in [1.82, 2.24) is 0 Å². The molecule has 0 atom stereocenters. The number of rotatable bonds is 16. The SMILES string of the molecule is COCc1cc(-c2ccc(C(C)(c3cc(COC)c(O)c(COC)c3)c3cc(COC)c(O)c(COC)c3)cc2)cc(COC)c1O. The smallest absolute Gasteiger partial charge is 0.126 e. The standard InChI is InChI=1S/C38H46O9/c1-38(33-14-28(20-44-4)36(40)29(15-33)21-45-5,34-16-30(22-46-6)37(41)31(17-34)23-47-7)32-10-8-24(9-11-32)25-12-26(18-42-2)35(39)27(13-25)19-43-3/h8-17,39-41H,18-23H2,1-7H3. The Morgan fingerprint density at radius 2 is 0.681 bits per heavy atom. The lowest BCUT2D eigenvalue weighted by Crippen LogP contribution is -2.26. The molecule has 0 bridgehead atoms. The molecule has 0 aliphatic rings. The summed E-state index contributed by atoms with van der Waals surface area (Å²) in [5, 5.41) is 33.0. The molecule has 0 aromatic heterocycles. The van der Waals surface area contributed by atoms with Crippen molar-refractivity contribution in [2.75, 3.05) is 42.7 Å². The van der Waals surface area contributed by atoms with E-state index < -0.39 is 5.41 Å². The van der Waals surface area contributed by atoms with Gasteiger partial charge in [-0.2, -0.15) is 0 Å². The molecule has 0 unspecified atom stereocenters. The predicted octanol–water partition coefficient (Wildman–Crippen LogP) is 6.70. The molecule has 0 saturated carbocycles. The molecule has 0 fully saturated rings. The van der Waals surface area contributed by atoms with Crippen LogP contribution in [0.5, 0.6) is 17.2 Å². The van der Waals surface area contributed by atoms with Gasteiger partial charge in [-0.05, 0) is 71.1 Å². The average molecular weight is 647 g/mol. The summed E-state index contributed by atoms with van der Waals surface area (Å²) in [6.07, 6.45) is 0. The van der Waals surface area contributed by atoms with Gasteiger partial charge in [-0.25, -0.2) is 0 Å². The largest absolute Gasteiger partial charge is 0.507 e. The van der Waals surface area contributed by atoms with Crippen molar-refractivity contribution in [3.63, 3.8) is 0 Å². The normalized spacial score (nSPS) is 11.7. The van der Waals surface area contributed by atoms with Gasteiger partial charge in [0, 0.05) is 81.5 Å². The van der Waals surface area contributed by atoms with Crippen molar-refractivity contribution >= 4 is 0 Å². The van der Waals surface area contributed by atoms with Crippen LogP contribution in [0.2, 0.25) is 0 Å². The molecular weight excluding hydrogens is 600 g/mol. The van der Waals surface area contributed by atoms with E-state index >= 15 is 0 Å². The minimum atomic E-state index is -0.784. The lowest BCUT2D eigenvalue weighted by Gasteiger charge is -2.34. The first-order valence-corrected chi connectivity index (χ1v) is 15.3. The van der Waals surface area contributed by atoms with Gasteiger partial charge in [0.05, 0.1) is 39.6 Å². The molecule has 9 heteroatoms. The van der Waals surface area contributed by atoms with Gasteiger partial charge in [-0.15, -0.1) is 0 Å². The predicted molar refractivity (Wildman–Crippen MR) is 180 cm³/mol. The van der Waals surface area contributed by atoms with Gasteiger partial charge in [0.2, 0.25) is 0 Å². The third-order valence-electron chi connectivity index (χ3n) is 8.55. The second-order valence-corrected chi connectivity index (χ2v) is 11.7. The van der Waals surface area contributed by atoms with E-state index in [-0.39, 0.29) is 56.9 Å². The van der Waals surface area contributed by atoms with E-state index in [2.05, 4.69) is 19.1 Å². The van der Waals surface area contributed by atoms with E-state index in [1.807, 2.05) is 48.5 Å². The molecule has 47 heavy (non-hydrogen) atoms. The molecule has 0 aliphatic heterocycles. The molecule has 0 amide bonds. The monoisotopic (exact) mass is 646 g/mol. The van der Waals surface area contributed by atoms with Gasteiger partial charge in [0.1, 0.15) is 17.2 Å². The van der Waals surface area contributed by atoms with Crippen LogP contribution in [0, 0.1) is 0 Å². The van der Waals surface area contributed by atoms with E-state index in [0.717, 1.165) is 27.8 Å². The molecule has 4 aromatic rings. The van der Waals surface area contributed by atoms with E-state index in [0.29, 0.717) is 33.4 Å². The maximum absolute atomic E-state index is 11.1. The Labute approximate surface area is 277 Å². The van der Waals surface area contributed by atoms with E-state index in [9.17, 15) is 15.3 Å². The second-order valence-electron chi connectivity index (χ2n) is 11.7. The zero-order valence-electron chi connectivity index (χ0n) is 28.3. The zero-order valence-corrected chi connectivity index (χ0v) is 28.3. The minimum Gasteiger partial charge on any atom is -0.507 e. The van der Waals surface area contributed by atoms with Crippen molar-refractivity contribution in [1.29, 1.82) is 0 Å². The summed E-state index contributed by atoms with van der Waals surface area (Å²) in [6, 6.07) is 19.9. The number of hydrogen-bond acceptors (Lipinski definition) is 9. The Kier molecular flexibility index (Phi) is 12.4. The molecule has 0 spiro atoms. The van der Waals surface area contributed by atoms with Crippen LogP contribution in [0.3, 0.4) is 0 Å². The number of phenols is 3. The van der Waals surface area contributed by atoms with Crippen LogP contribution in [0.1, 0.15) is 57.0 Å². The Morgan fingerprint density at radius 3 is 0.957 bits per heavy atom. The number of ether oxygens (including phenoxy) is 6. The van der Waals surface area contributed by atoms with Crippen molar-refractivity contribution in [3.05, 3.63) is 111 Å². The highest BCUT2D eigenvalue weighted by molar-refractivity contribution is 5.69. The molecule has 3 N–H and O–H groups in total. The number of methoxy groups -OCH3 is 6. The van der Waals surface area contributed by atoms with Gasteiger partial charge in [0.25, 0.3) is 0 Å². The highest BCUT2D eigenvalue weighted by Gasteiger charge is 2.34. The summed E-state index contributed by atoms with van der Waals surface area (Å²) in [7, 11) is 9.55. The molecule has 0 heterocycles. The summed E-state index contributed by atoms with van der Waals surface area (Å²) in [6.45, 7) is 3.47. The minimum absolute atomic E-state index is 0.132. The van der Waals surface area contributed by atoms with E-state index in [1.165, 1.54) is 0 Å². The van der Waals surface area contributed by atoms with Crippen LogP contribution in [0.4, 0.5) is 0 Å². The molecule has 4 aromatic carbocycles. The average Bonchev–Trinajstić information content (AvgIpc) is 3.06. The van der Waals surface area contributed by atoms with E-state index in [1.54, 1.807) is 42.7 Å². The first-order chi connectivity index (χ1) is 22.7. The number of hydrogen-bond donors (Lipinski definition) is 3. The Hall–Kier alpha value is -3.96. The van der Waals surface area contributed by atoms with Crippen LogP contribution in [0.25, 0.3) is 11.1 Å². The maximum atomic E-state index is 11.1. The number of aromatic hydroxyl groups is 3. The van der Waals surface area contributed by atoms with E-state index in [4.69, 9.17) is 28.4 Å². The van der Waals surface area contributed by atoms with Crippen molar-refractivity contribution in [2.45, 2.75) is 52.0 Å². The fourth-order valence-electron chi connectivity index (χ4n) is 6.11. The molecule has 0 radical (unpaired) electrons. The molecule has 0 aliphatic carbocycles. The molecule has 252 valence electrons. The van der Waals surface area contributed by atoms with Gasteiger partial charge in [-0.1, -0.05) is 24.3 Å². The van der Waals surface area contributed by atoms with Gasteiger partial charge in [-0.3, -0.25) is 0 Å². The molecule has 0 saturated heterocycles. The third kappa shape index (κ3) is 7.62. The highest BCUT2D eigenvalue weighted by Crippen LogP contribution is 2.44. The summed E-state index contributed by atoms with van der Waals surface area (Å²) in [5.74, 6) is 0.429. The summed E-state index contributed by atoms with van der Waals surface area (Å²) in [4.78, 5) is 0. The second kappa shape index (κ2) is 16.2. The molecular formula is C38H46O9. The summed E-state index contributed by atoms with van der Waals surface area (Å²) >= 11 is 0. The zero-order chi connectivity index (χ0) is 34.1. The molecule has 9 nitrogen and oxygen atoms in total. The number of phenolic OH excluding ortho intramolecular Hbond substituents is 3. The van der Waals surface area contributed by atoms with Crippen LogP contribution in [0.15, 0.2) is 60.7 Å². The lowest BCUT2D eigenvalue weighted by molar-refractivity contribution is 0.174. The Bertz CT molecular complexity index is 1500. The first-order valence-electron chi connectivity index (χ1n) is 15.3. The Balaban J connectivity index is 1.99. The summed E-state index contributed by atoms with van der Waals surface area (Å²) < 4.78 is 32.5. The lowest BCUT2D eigenvalue weighted by atomic mass is 9.69. The van der Waals surface area contributed by atoms with Gasteiger partial charge in [0.15, 0.2) is 0 Å². The fourth-order valence-corrected chi connectivity index (χ4v) is 6.11. The van der Waals surface area contributed by atoms with Crippen LogP contribution >= 0.6 is 0 Å². The van der Waals surface area contributed by atoms with Crippen molar-refractivity contribution in [3.8, 4) is 28.4 Å². The van der Waals surface area contributed by atoms with Crippen molar-refractivity contribution in [2.24, 2.45) is 0 Å². The van der Waals surface area contributed by atoms with Gasteiger partial charge < -0.3 is 43.7 Å². The number of benzene rings is 4. The first kappa shape index (κ1) is 35.9. The molecule has 4 rings (SSSR count). The maximum Gasteiger partial charge on any atom is 0.126 e. The fraction of sp³-hybridized carbons (Fsp3) is 0.368. The topological polar surface area (TPSA) is 116 Å². The quantitative estimate of drug-likeness (QED) is 0.114. The van der Waals surface area contributed by atoms with Crippen LogP contribution in [-0.4, -0.2) is 58.0 Å². The third-order valence-corrected chi connectivity index (χ3v) is 8.55. The Morgan fingerprint density at radius 1 is 0.404 bits per heavy atom. The van der Waals surface area contributed by atoms with Crippen molar-refractivity contribution < 1.29 is 43.7 Å². The van der Waals surface area contributed by atoms with Crippen LogP contribution < -0.4 is 0 Å². The van der Waals surface area contributed by atoms with Crippen LogP contribution in [-0.2, 0) is 73.5 Å². The summed E-state index contributed by atoms with van der Waals surface area (Å²) in [5.41, 5.74) is 7.71. The highest BCUT2D eigenvalue weighted by atomic mass is 16.5. The van der Waals surface area contributed by atoms with Gasteiger partial charge >= 0.3 is 0 Å².